The molecule has 3 nitrogen and oxygen atoms in total. The van der Waals surface area contributed by atoms with Crippen LogP contribution in [0.15, 0.2) is 60.5 Å². The number of Topliss-reactive ketones (excluding diaryl/α,β-unsaturated/α-hetero) is 1. The van der Waals surface area contributed by atoms with Crippen molar-refractivity contribution in [2.45, 2.75) is 13.0 Å². The third-order valence-corrected chi connectivity index (χ3v) is 3.42. The lowest BCUT2D eigenvalue weighted by atomic mass is 9.96. The van der Waals surface area contributed by atoms with Gasteiger partial charge in [-0.2, -0.15) is 0 Å². The Labute approximate surface area is 117 Å². The van der Waals surface area contributed by atoms with Gasteiger partial charge < -0.3 is 10.5 Å². The number of nitrogens with two attached hydrogens (primary N) is 1. The molecular weight excluding hydrogens is 250 g/mol. The van der Waals surface area contributed by atoms with Gasteiger partial charge in [0.1, 0.15) is 0 Å². The van der Waals surface area contributed by atoms with Crippen LogP contribution >= 0.6 is 0 Å². The monoisotopic (exact) mass is 265 g/mol. The highest BCUT2D eigenvalue weighted by Crippen LogP contribution is 2.35. The molecule has 1 unspecified atom stereocenters. The third-order valence-electron chi connectivity index (χ3n) is 3.42. The van der Waals surface area contributed by atoms with Crippen molar-refractivity contribution in [1.29, 1.82) is 0 Å². The largest absolute Gasteiger partial charge is 0.462 e. The number of ether oxygens (including phenoxy) is 1. The summed E-state index contributed by atoms with van der Waals surface area (Å²) in [7, 11) is 0. The number of benzene rings is 2. The van der Waals surface area contributed by atoms with E-state index in [4.69, 9.17) is 10.5 Å². The molecule has 1 heterocycles. The maximum absolute atomic E-state index is 12.5. The van der Waals surface area contributed by atoms with Crippen molar-refractivity contribution in [1.82, 2.24) is 0 Å². The summed E-state index contributed by atoms with van der Waals surface area (Å²) in [6.07, 6.45) is -0.632. The standard InChI is InChI=1S/C17H15NO2/c1-11-7-9-12(10-8-11)14-15(19)16(20-17(14)18)13-5-3-2-4-6-13/h2-10,16H,18H2,1H3. The third kappa shape index (κ3) is 2.07. The maximum atomic E-state index is 12.5. The van der Waals surface area contributed by atoms with Crippen molar-refractivity contribution in [2.75, 3.05) is 0 Å². The Balaban J connectivity index is 1.96. The quantitative estimate of drug-likeness (QED) is 0.908. The Morgan fingerprint density at radius 2 is 1.65 bits per heavy atom. The SMILES string of the molecule is Cc1ccc(C2=C(N)OC(c3ccccc3)C2=O)cc1. The highest BCUT2D eigenvalue weighted by Gasteiger charge is 2.35. The zero-order chi connectivity index (χ0) is 14.1. The molecular formula is C17H15NO2. The fraction of sp³-hybridized carbons (Fsp3) is 0.118. The molecule has 0 saturated heterocycles. The molecule has 2 aromatic rings. The molecule has 20 heavy (non-hydrogen) atoms. The van der Waals surface area contributed by atoms with Crippen LogP contribution in [0, 0.1) is 6.92 Å². The molecule has 0 aromatic heterocycles. The predicted molar refractivity (Wildman–Crippen MR) is 77.6 cm³/mol. The minimum atomic E-state index is -0.632. The predicted octanol–water partition coefficient (Wildman–Crippen LogP) is 2.96. The van der Waals surface area contributed by atoms with E-state index in [-0.39, 0.29) is 11.7 Å². The second kappa shape index (κ2) is 4.85. The van der Waals surface area contributed by atoms with Crippen LogP contribution in [-0.2, 0) is 9.53 Å². The average molecular weight is 265 g/mol. The van der Waals surface area contributed by atoms with Gasteiger partial charge in [0, 0.05) is 5.56 Å². The normalized spacial score (nSPS) is 18.2. The van der Waals surface area contributed by atoms with Crippen LogP contribution in [0.4, 0.5) is 0 Å². The smallest absolute Gasteiger partial charge is 0.213 e. The summed E-state index contributed by atoms with van der Waals surface area (Å²) in [6.45, 7) is 2.00. The minimum absolute atomic E-state index is 0.0856. The van der Waals surface area contributed by atoms with Crippen LogP contribution in [0.1, 0.15) is 22.8 Å². The van der Waals surface area contributed by atoms with E-state index >= 15 is 0 Å². The van der Waals surface area contributed by atoms with Gasteiger partial charge in [-0.3, -0.25) is 4.79 Å². The van der Waals surface area contributed by atoms with E-state index in [2.05, 4.69) is 0 Å². The van der Waals surface area contributed by atoms with Gasteiger partial charge in [-0.1, -0.05) is 60.2 Å². The molecule has 1 atom stereocenters. The Morgan fingerprint density at radius 1 is 1.00 bits per heavy atom. The summed E-state index contributed by atoms with van der Waals surface area (Å²) in [5, 5.41) is 0. The van der Waals surface area contributed by atoms with Crippen molar-refractivity contribution in [3.05, 3.63) is 77.2 Å². The van der Waals surface area contributed by atoms with Crippen LogP contribution in [-0.4, -0.2) is 5.78 Å². The number of carbonyl (C=O) groups excluding carboxylic acids is 1. The summed E-state index contributed by atoms with van der Waals surface area (Å²) >= 11 is 0. The van der Waals surface area contributed by atoms with E-state index in [1.165, 1.54) is 0 Å². The topological polar surface area (TPSA) is 52.3 Å². The number of hydrogen-bond acceptors (Lipinski definition) is 3. The number of hydrogen-bond donors (Lipinski definition) is 1. The van der Waals surface area contributed by atoms with Crippen molar-refractivity contribution in [3.8, 4) is 0 Å². The summed E-state index contributed by atoms with van der Waals surface area (Å²) < 4.78 is 5.56. The van der Waals surface area contributed by atoms with Crippen molar-refractivity contribution in [3.63, 3.8) is 0 Å². The lowest BCUT2D eigenvalue weighted by molar-refractivity contribution is -0.120. The zero-order valence-electron chi connectivity index (χ0n) is 11.2. The fourth-order valence-electron chi connectivity index (χ4n) is 2.34. The molecule has 0 fully saturated rings. The lowest BCUT2D eigenvalue weighted by Gasteiger charge is -2.09. The Hall–Kier alpha value is -2.55. The Morgan fingerprint density at radius 3 is 2.30 bits per heavy atom. The van der Waals surface area contributed by atoms with Gasteiger partial charge in [0.15, 0.2) is 12.0 Å². The number of ketones is 1. The van der Waals surface area contributed by atoms with Crippen LogP contribution in [0.25, 0.3) is 5.57 Å². The first kappa shape index (κ1) is 12.5. The number of carbonyl (C=O) groups is 1. The highest BCUT2D eigenvalue weighted by atomic mass is 16.5. The molecule has 3 rings (SSSR count). The Kier molecular flexibility index (Phi) is 3.03. The molecule has 0 saturated carbocycles. The van der Waals surface area contributed by atoms with Gasteiger partial charge in [-0.25, -0.2) is 0 Å². The molecule has 3 heteroatoms. The number of aryl methyl sites for hydroxylation is 1. The molecule has 0 amide bonds. The van der Waals surface area contributed by atoms with E-state index in [9.17, 15) is 4.79 Å². The first-order valence-corrected chi connectivity index (χ1v) is 6.49. The molecule has 0 spiro atoms. The minimum Gasteiger partial charge on any atom is -0.462 e. The van der Waals surface area contributed by atoms with Crippen LogP contribution in [0.2, 0.25) is 0 Å². The van der Waals surface area contributed by atoms with Gasteiger partial charge in [-0.05, 0) is 12.5 Å². The second-order valence-corrected chi connectivity index (χ2v) is 4.88. The first-order chi connectivity index (χ1) is 9.66. The number of rotatable bonds is 2. The molecule has 1 aliphatic heterocycles. The maximum Gasteiger partial charge on any atom is 0.213 e. The van der Waals surface area contributed by atoms with Gasteiger partial charge in [0.2, 0.25) is 5.78 Å². The fourth-order valence-corrected chi connectivity index (χ4v) is 2.34. The van der Waals surface area contributed by atoms with E-state index in [0.29, 0.717) is 5.57 Å². The van der Waals surface area contributed by atoms with Crippen LogP contribution in [0.3, 0.4) is 0 Å². The Bertz CT molecular complexity index is 672. The van der Waals surface area contributed by atoms with E-state index in [1.54, 1.807) is 0 Å². The van der Waals surface area contributed by atoms with E-state index in [1.807, 2.05) is 61.5 Å². The van der Waals surface area contributed by atoms with Crippen molar-refractivity contribution in [2.24, 2.45) is 5.73 Å². The summed E-state index contributed by atoms with van der Waals surface area (Å²) in [4.78, 5) is 12.5. The van der Waals surface area contributed by atoms with Gasteiger partial charge in [-0.15, -0.1) is 0 Å². The van der Waals surface area contributed by atoms with E-state index in [0.717, 1.165) is 16.7 Å². The van der Waals surface area contributed by atoms with Crippen molar-refractivity contribution < 1.29 is 9.53 Å². The average Bonchev–Trinajstić information content (AvgIpc) is 2.76. The highest BCUT2D eigenvalue weighted by molar-refractivity contribution is 6.25. The van der Waals surface area contributed by atoms with E-state index < -0.39 is 6.10 Å². The second-order valence-electron chi connectivity index (χ2n) is 4.88. The summed E-state index contributed by atoms with van der Waals surface area (Å²) in [5.41, 5.74) is 9.14. The molecule has 0 aliphatic carbocycles. The summed E-state index contributed by atoms with van der Waals surface area (Å²) in [5.74, 6) is 0.116. The molecule has 0 bridgehead atoms. The van der Waals surface area contributed by atoms with Crippen LogP contribution in [0.5, 0.6) is 0 Å². The molecule has 0 radical (unpaired) electrons. The summed E-state index contributed by atoms with van der Waals surface area (Å²) in [6, 6.07) is 17.1. The molecule has 1 aliphatic rings. The zero-order valence-corrected chi connectivity index (χ0v) is 11.2. The molecule has 2 N–H and O–H groups in total. The van der Waals surface area contributed by atoms with Gasteiger partial charge in [0.25, 0.3) is 0 Å². The molecule has 2 aromatic carbocycles. The van der Waals surface area contributed by atoms with Crippen LogP contribution < -0.4 is 5.73 Å². The van der Waals surface area contributed by atoms with Gasteiger partial charge in [0.05, 0.1) is 5.57 Å². The van der Waals surface area contributed by atoms with Gasteiger partial charge >= 0.3 is 0 Å². The first-order valence-electron chi connectivity index (χ1n) is 6.49. The lowest BCUT2D eigenvalue weighted by Crippen LogP contribution is -2.09. The van der Waals surface area contributed by atoms with Crippen molar-refractivity contribution >= 4 is 11.4 Å². The molecule has 100 valence electrons.